The number of carbonyl (C=O) groups is 1. The monoisotopic (exact) mass is 361 g/mol. The van der Waals surface area contributed by atoms with E-state index in [1.54, 1.807) is 6.07 Å². The lowest BCUT2D eigenvalue weighted by Crippen LogP contribution is -2.30. The van der Waals surface area contributed by atoms with Gasteiger partial charge in [-0.2, -0.15) is 0 Å². The first-order chi connectivity index (χ1) is 10.4. The SMILES string of the molecule is CC(Oc1cc(Cl)c(Cl)cc1Cl)C(=O)Nc1ccccc1F. The molecule has 116 valence electrons. The molecular weight excluding hydrogens is 352 g/mol. The highest BCUT2D eigenvalue weighted by atomic mass is 35.5. The van der Waals surface area contributed by atoms with Gasteiger partial charge >= 0.3 is 0 Å². The number of nitrogens with one attached hydrogen (secondary N) is 1. The molecule has 0 aliphatic heterocycles. The quantitative estimate of drug-likeness (QED) is 0.760. The van der Waals surface area contributed by atoms with E-state index in [4.69, 9.17) is 39.5 Å². The Balaban J connectivity index is 2.09. The summed E-state index contributed by atoms with van der Waals surface area (Å²) in [6.45, 7) is 1.51. The Morgan fingerprint density at radius 3 is 2.45 bits per heavy atom. The summed E-state index contributed by atoms with van der Waals surface area (Å²) < 4.78 is 18.9. The van der Waals surface area contributed by atoms with Crippen LogP contribution in [0.25, 0.3) is 0 Å². The first kappa shape index (κ1) is 16.9. The van der Waals surface area contributed by atoms with Crippen molar-refractivity contribution >= 4 is 46.4 Å². The maximum atomic E-state index is 13.5. The Morgan fingerprint density at radius 1 is 1.14 bits per heavy atom. The third kappa shape index (κ3) is 4.03. The summed E-state index contributed by atoms with van der Waals surface area (Å²) in [4.78, 5) is 12.0. The van der Waals surface area contributed by atoms with Crippen molar-refractivity contribution in [3.63, 3.8) is 0 Å². The van der Waals surface area contributed by atoms with Gasteiger partial charge in [0.2, 0.25) is 0 Å². The summed E-state index contributed by atoms with van der Waals surface area (Å²) in [5, 5.41) is 3.19. The number of halogens is 4. The summed E-state index contributed by atoms with van der Waals surface area (Å²) in [5.74, 6) is -0.838. The molecule has 2 aromatic carbocycles. The van der Waals surface area contributed by atoms with Gasteiger partial charge in [0.1, 0.15) is 11.6 Å². The van der Waals surface area contributed by atoms with Crippen molar-refractivity contribution in [2.24, 2.45) is 0 Å². The zero-order chi connectivity index (χ0) is 16.3. The second-order valence-corrected chi connectivity index (χ2v) is 5.65. The molecule has 2 aromatic rings. The lowest BCUT2D eigenvalue weighted by Gasteiger charge is -2.16. The van der Waals surface area contributed by atoms with E-state index < -0.39 is 17.8 Å². The highest BCUT2D eigenvalue weighted by molar-refractivity contribution is 6.43. The number of anilines is 1. The van der Waals surface area contributed by atoms with E-state index in [0.717, 1.165) is 0 Å². The number of hydrogen-bond donors (Lipinski definition) is 1. The van der Waals surface area contributed by atoms with Gasteiger partial charge in [-0.05, 0) is 25.1 Å². The molecule has 0 radical (unpaired) electrons. The first-order valence-corrected chi connectivity index (χ1v) is 7.38. The predicted octanol–water partition coefficient (Wildman–Crippen LogP) is 5.19. The van der Waals surface area contributed by atoms with Crippen molar-refractivity contribution in [3.05, 3.63) is 57.3 Å². The van der Waals surface area contributed by atoms with E-state index >= 15 is 0 Å². The molecule has 0 aliphatic rings. The summed E-state index contributed by atoms with van der Waals surface area (Å²) in [5.41, 5.74) is 0.0724. The molecule has 1 atom stereocenters. The second-order valence-electron chi connectivity index (χ2n) is 4.43. The average molecular weight is 363 g/mol. The van der Waals surface area contributed by atoms with Crippen LogP contribution in [0.3, 0.4) is 0 Å². The molecule has 0 spiro atoms. The topological polar surface area (TPSA) is 38.3 Å². The Hall–Kier alpha value is -1.49. The van der Waals surface area contributed by atoms with Crippen LogP contribution in [-0.4, -0.2) is 12.0 Å². The molecular formula is C15H11Cl3FNO2. The standard InChI is InChI=1S/C15H11Cl3FNO2/c1-8(15(21)20-13-5-3-2-4-12(13)19)22-14-7-10(17)9(16)6-11(14)18/h2-8H,1H3,(H,20,21). The molecule has 0 saturated heterocycles. The van der Waals surface area contributed by atoms with Crippen molar-refractivity contribution in [3.8, 4) is 5.75 Å². The lowest BCUT2D eigenvalue weighted by atomic mass is 10.2. The van der Waals surface area contributed by atoms with E-state index in [0.29, 0.717) is 0 Å². The minimum Gasteiger partial charge on any atom is -0.479 e. The third-order valence-corrected chi connectivity index (χ3v) is 3.80. The van der Waals surface area contributed by atoms with E-state index in [1.807, 2.05) is 0 Å². The molecule has 1 amide bonds. The largest absolute Gasteiger partial charge is 0.479 e. The molecule has 0 saturated carbocycles. The van der Waals surface area contributed by atoms with Crippen LogP contribution < -0.4 is 10.1 Å². The number of hydrogen-bond acceptors (Lipinski definition) is 2. The summed E-state index contributed by atoms with van der Waals surface area (Å²) in [6.07, 6.45) is -0.908. The Labute approximate surface area is 141 Å². The number of ether oxygens (including phenoxy) is 1. The van der Waals surface area contributed by atoms with E-state index in [1.165, 1.54) is 37.3 Å². The fraction of sp³-hybridized carbons (Fsp3) is 0.133. The molecule has 22 heavy (non-hydrogen) atoms. The first-order valence-electron chi connectivity index (χ1n) is 6.25. The molecule has 2 rings (SSSR count). The van der Waals surface area contributed by atoms with Gasteiger partial charge in [0.25, 0.3) is 5.91 Å². The maximum absolute atomic E-state index is 13.5. The Bertz CT molecular complexity index is 709. The molecule has 1 unspecified atom stereocenters. The smallest absolute Gasteiger partial charge is 0.265 e. The number of para-hydroxylation sites is 1. The van der Waals surface area contributed by atoms with Crippen molar-refractivity contribution < 1.29 is 13.9 Å². The average Bonchev–Trinajstić information content (AvgIpc) is 2.47. The van der Waals surface area contributed by atoms with Gasteiger partial charge in [-0.1, -0.05) is 46.9 Å². The molecule has 3 nitrogen and oxygen atoms in total. The number of rotatable bonds is 4. The van der Waals surface area contributed by atoms with Gasteiger partial charge < -0.3 is 10.1 Å². The second kappa shape index (κ2) is 7.18. The van der Waals surface area contributed by atoms with E-state index in [9.17, 15) is 9.18 Å². The molecule has 0 aliphatic carbocycles. The zero-order valence-electron chi connectivity index (χ0n) is 11.4. The van der Waals surface area contributed by atoms with Crippen LogP contribution in [0, 0.1) is 5.82 Å². The Morgan fingerprint density at radius 2 is 1.77 bits per heavy atom. The maximum Gasteiger partial charge on any atom is 0.265 e. The highest BCUT2D eigenvalue weighted by Crippen LogP contribution is 2.34. The van der Waals surface area contributed by atoms with Crippen LogP contribution in [0.2, 0.25) is 15.1 Å². The van der Waals surface area contributed by atoms with E-state index in [2.05, 4.69) is 5.32 Å². The number of carbonyl (C=O) groups excluding carboxylic acids is 1. The molecule has 7 heteroatoms. The number of amides is 1. The van der Waals surface area contributed by atoms with Gasteiger partial charge in [0.15, 0.2) is 6.10 Å². The molecule has 0 fully saturated rings. The van der Waals surface area contributed by atoms with Crippen LogP contribution in [0.15, 0.2) is 36.4 Å². The van der Waals surface area contributed by atoms with Crippen molar-refractivity contribution in [2.75, 3.05) is 5.32 Å². The van der Waals surface area contributed by atoms with Crippen LogP contribution in [0.5, 0.6) is 5.75 Å². The zero-order valence-corrected chi connectivity index (χ0v) is 13.6. The van der Waals surface area contributed by atoms with Crippen LogP contribution in [0.4, 0.5) is 10.1 Å². The Kier molecular flexibility index (Phi) is 5.51. The highest BCUT2D eigenvalue weighted by Gasteiger charge is 2.18. The molecule has 0 heterocycles. The van der Waals surface area contributed by atoms with Crippen LogP contribution >= 0.6 is 34.8 Å². The fourth-order valence-corrected chi connectivity index (χ4v) is 2.22. The van der Waals surface area contributed by atoms with Gasteiger partial charge in [-0.15, -0.1) is 0 Å². The normalized spacial score (nSPS) is 11.9. The lowest BCUT2D eigenvalue weighted by molar-refractivity contribution is -0.122. The van der Waals surface area contributed by atoms with Crippen molar-refractivity contribution in [1.82, 2.24) is 0 Å². The van der Waals surface area contributed by atoms with Gasteiger partial charge in [-0.3, -0.25) is 4.79 Å². The minimum absolute atomic E-state index is 0.0724. The molecule has 1 N–H and O–H groups in total. The summed E-state index contributed by atoms with van der Waals surface area (Å²) in [6, 6.07) is 8.67. The third-order valence-electron chi connectivity index (χ3n) is 2.78. The van der Waals surface area contributed by atoms with Gasteiger partial charge in [0.05, 0.1) is 20.8 Å². The minimum atomic E-state index is -0.908. The van der Waals surface area contributed by atoms with E-state index in [-0.39, 0.29) is 26.5 Å². The van der Waals surface area contributed by atoms with Crippen molar-refractivity contribution in [1.29, 1.82) is 0 Å². The predicted molar refractivity (Wildman–Crippen MR) is 86.6 cm³/mol. The van der Waals surface area contributed by atoms with Crippen molar-refractivity contribution in [2.45, 2.75) is 13.0 Å². The van der Waals surface area contributed by atoms with Gasteiger partial charge in [0, 0.05) is 6.07 Å². The molecule has 0 bridgehead atoms. The van der Waals surface area contributed by atoms with Gasteiger partial charge in [-0.25, -0.2) is 4.39 Å². The molecule has 0 aromatic heterocycles. The fourth-order valence-electron chi connectivity index (χ4n) is 1.64. The summed E-state index contributed by atoms with van der Waals surface area (Å²) in [7, 11) is 0. The number of benzene rings is 2. The van der Waals surface area contributed by atoms with Crippen LogP contribution in [-0.2, 0) is 4.79 Å². The van der Waals surface area contributed by atoms with Crippen LogP contribution in [0.1, 0.15) is 6.92 Å². The summed E-state index contributed by atoms with van der Waals surface area (Å²) >= 11 is 17.7.